The molecule has 0 saturated carbocycles. The summed E-state index contributed by atoms with van der Waals surface area (Å²) in [5.74, 6) is 0.621. The van der Waals surface area contributed by atoms with Gasteiger partial charge in [-0.25, -0.2) is 8.42 Å². The van der Waals surface area contributed by atoms with Gasteiger partial charge in [-0.2, -0.15) is 5.26 Å². The van der Waals surface area contributed by atoms with Gasteiger partial charge in [0.05, 0.1) is 30.9 Å². The maximum absolute atomic E-state index is 12.6. The molecular formula is C22H17Cl2N3O5S. The second-order valence-electron chi connectivity index (χ2n) is 6.68. The third-order valence-corrected chi connectivity index (χ3v) is 6.34. The molecule has 8 nitrogen and oxygen atoms in total. The summed E-state index contributed by atoms with van der Waals surface area (Å²) in [6, 6.07) is 17.4. The summed E-state index contributed by atoms with van der Waals surface area (Å²) in [7, 11) is -2.52. The first-order valence-corrected chi connectivity index (χ1v) is 11.6. The topological polar surface area (TPSA) is 118 Å². The summed E-state index contributed by atoms with van der Waals surface area (Å²) in [6.45, 7) is 0. The van der Waals surface area contributed by atoms with Gasteiger partial charge in [0.1, 0.15) is 10.6 Å². The normalized spacial score (nSPS) is 10.8. The largest absolute Gasteiger partial charge is 0.493 e. The molecule has 0 spiro atoms. The molecule has 0 unspecified atom stereocenters. The van der Waals surface area contributed by atoms with E-state index in [0.29, 0.717) is 33.4 Å². The van der Waals surface area contributed by atoms with Crippen LogP contribution in [0.2, 0.25) is 5.02 Å². The lowest BCUT2D eigenvalue weighted by molar-refractivity contribution is -0.115. The van der Waals surface area contributed by atoms with Gasteiger partial charge in [0, 0.05) is 5.02 Å². The summed E-state index contributed by atoms with van der Waals surface area (Å²) >= 11 is 11.3. The fourth-order valence-corrected chi connectivity index (χ4v) is 4.17. The molecule has 3 rings (SSSR count). The molecule has 33 heavy (non-hydrogen) atoms. The molecule has 0 aliphatic heterocycles. The van der Waals surface area contributed by atoms with Crippen LogP contribution in [0, 0.1) is 11.3 Å². The molecule has 0 aliphatic carbocycles. The molecule has 0 aliphatic rings. The Kier molecular flexibility index (Phi) is 7.79. The Bertz CT molecular complexity index is 1340. The molecule has 2 N–H and O–H groups in total. The fourth-order valence-electron chi connectivity index (χ4n) is 2.95. The van der Waals surface area contributed by atoms with Crippen LogP contribution in [0.15, 0.2) is 65.6 Å². The smallest absolute Gasteiger partial charge is 0.255 e. The molecule has 3 aromatic carbocycles. The maximum Gasteiger partial charge on any atom is 0.255 e. The standard InChI is InChI=1S/C22H17Cl2N3O5S/c1-31-20-10-14(6-7-19(20)32-17-9-15(13-25)8-16(23)12-17)11-22(28)26-18-4-2-3-5-21(18)33(29,30)27-24/h2-10,12,27H,11H2,1H3,(H,26,28). The molecule has 0 bridgehead atoms. The number of anilines is 1. The number of para-hydroxylation sites is 1. The van der Waals surface area contributed by atoms with Crippen molar-refractivity contribution in [1.82, 2.24) is 4.24 Å². The third kappa shape index (κ3) is 6.15. The quantitative estimate of drug-likeness (QED) is 0.431. The van der Waals surface area contributed by atoms with Gasteiger partial charge in [-0.15, -0.1) is 4.24 Å². The molecule has 11 heteroatoms. The first-order chi connectivity index (χ1) is 15.7. The number of carbonyl (C=O) groups is 1. The van der Waals surface area contributed by atoms with Crippen molar-refractivity contribution in [3.63, 3.8) is 0 Å². The highest BCUT2D eigenvalue weighted by Gasteiger charge is 2.19. The van der Waals surface area contributed by atoms with E-state index in [4.69, 9.17) is 38.1 Å². The molecule has 1 amide bonds. The highest BCUT2D eigenvalue weighted by molar-refractivity contribution is 7.90. The zero-order valence-electron chi connectivity index (χ0n) is 17.1. The molecule has 0 fully saturated rings. The van der Waals surface area contributed by atoms with Gasteiger partial charge in [0.25, 0.3) is 10.0 Å². The fraction of sp³-hybridized carbons (Fsp3) is 0.0909. The van der Waals surface area contributed by atoms with Gasteiger partial charge >= 0.3 is 0 Å². The van der Waals surface area contributed by atoms with Crippen LogP contribution in [0.3, 0.4) is 0 Å². The SMILES string of the molecule is COc1cc(CC(=O)Nc2ccccc2S(=O)(=O)NCl)ccc1Oc1cc(Cl)cc(C#N)c1. The second-order valence-corrected chi connectivity index (χ2v) is 9.18. The van der Waals surface area contributed by atoms with E-state index in [1.807, 2.05) is 6.07 Å². The number of hydrogen-bond acceptors (Lipinski definition) is 6. The van der Waals surface area contributed by atoms with E-state index in [1.165, 1.54) is 37.4 Å². The highest BCUT2D eigenvalue weighted by atomic mass is 35.5. The van der Waals surface area contributed by atoms with Gasteiger partial charge in [-0.1, -0.05) is 29.8 Å². The van der Waals surface area contributed by atoms with E-state index in [2.05, 4.69) is 5.32 Å². The van der Waals surface area contributed by atoms with Crippen LogP contribution < -0.4 is 19.0 Å². The number of nitrogens with one attached hydrogen (secondary N) is 2. The van der Waals surface area contributed by atoms with Crippen LogP contribution >= 0.6 is 23.4 Å². The van der Waals surface area contributed by atoms with E-state index in [-0.39, 0.29) is 17.0 Å². The number of nitrogens with zero attached hydrogens (tertiary/aromatic N) is 1. The number of methoxy groups -OCH3 is 1. The van der Waals surface area contributed by atoms with Crippen molar-refractivity contribution in [3.05, 3.63) is 76.8 Å². The Balaban J connectivity index is 1.78. The van der Waals surface area contributed by atoms with E-state index < -0.39 is 15.9 Å². The lowest BCUT2D eigenvalue weighted by atomic mass is 10.1. The average Bonchev–Trinajstić information content (AvgIpc) is 2.79. The van der Waals surface area contributed by atoms with Crippen molar-refractivity contribution in [2.75, 3.05) is 12.4 Å². The predicted octanol–water partition coefficient (Wildman–Crippen LogP) is 4.63. The number of hydrogen-bond donors (Lipinski definition) is 2. The van der Waals surface area contributed by atoms with Crippen molar-refractivity contribution in [1.29, 1.82) is 5.26 Å². The second kappa shape index (κ2) is 10.6. The van der Waals surface area contributed by atoms with Crippen LogP contribution in [0.25, 0.3) is 0 Å². The zero-order chi connectivity index (χ0) is 24.0. The number of carbonyl (C=O) groups excluding carboxylic acids is 1. The molecule has 0 atom stereocenters. The molecule has 0 saturated heterocycles. The number of nitriles is 1. The van der Waals surface area contributed by atoms with Gasteiger partial charge in [-0.05, 0) is 59.8 Å². The number of sulfonamides is 1. The Hall–Kier alpha value is -3.29. The number of benzene rings is 3. The Labute approximate surface area is 200 Å². The molecule has 3 aromatic rings. The van der Waals surface area contributed by atoms with E-state index in [1.54, 1.807) is 34.6 Å². The molecule has 170 valence electrons. The van der Waals surface area contributed by atoms with Crippen molar-refractivity contribution >= 4 is 45.0 Å². The summed E-state index contributed by atoms with van der Waals surface area (Å²) in [6.07, 6.45) is -0.0604. The van der Waals surface area contributed by atoms with Crippen LogP contribution in [-0.4, -0.2) is 21.4 Å². The summed E-state index contributed by atoms with van der Waals surface area (Å²) < 4.78 is 37.0. The van der Waals surface area contributed by atoms with E-state index >= 15 is 0 Å². The number of amides is 1. The van der Waals surface area contributed by atoms with Crippen molar-refractivity contribution in [2.45, 2.75) is 11.3 Å². The summed E-state index contributed by atoms with van der Waals surface area (Å²) in [5, 5.41) is 12.0. The molecule has 0 radical (unpaired) electrons. The van der Waals surface area contributed by atoms with Gasteiger partial charge in [0.15, 0.2) is 11.5 Å². The van der Waals surface area contributed by atoms with E-state index in [0.717, 1.165) is 0 Å². The Morgan fingerprint density at radius 2 is 1.85 bits per heavy atom. The Morgan fingerprint density at radius 1 is 1.09 bits per heavy atom. The lowest BCUT2D eigenvalue weighted by Gasteiger charge is -2.13. The van der Waals surface area contributed by atoms with Crippen molar-refractivity contribution in [2.24, 2.45) is 0 Å². The summed E-state index contributed by atoms with van der Waals surface area (Å²) in [4.78, 5) is 12.4. The van der Waals surface area contributed by atoms with Crippen LogP contribution in [0.5, 0.6) is 17.2 Å². The number of ether oxygens (including phenoxy) is 2. The van der Waals surface area contributed by atoms with Crippen molar-refractivity contribution in [3.8, 4) is 23.3 Å². The first-order valence-electron chi connectivity index (χ1n) is 9.32. The monoisotopic (exact) mass is 505 g/mol. The number of rotatable bonds is 8. The van der Waals surface area contributed by atoms with E-state index in [9.17, 15) is 13.2 Å². The maximum atomic E-state index is 12.6. The lowest BCUT2D eigenvalue weighted by Crippen LogP contribution is -2.20. The average molecular weight is 506 g/mol. The minimum absolute atomic E-state index is 0.0604. The predicted molar refractivity (Wildman–Crippen MR) is 124 cm³/mol. The van der Waals surface area contributed by atoms with Crippen LogP contribution in [-0.2, 0) is 21.2 Å². The van der Waals surface area contributed by atoms with Crippen molar-refractivity contribution < 1.29 is 22.7 Å². The molecule has 0 heterocycles. The van der Waals surface area contributed by atoms with Gasteiger partial charge < -0.3 is 14.8 Å². The van der Waals surface area contributed by atoms with Gasteiger partial charge in [-0.3, -0.25) is 4.79 Å². The Morgan fingerprint density at radius 3 is 2.55 bits per heavy atom. The number of halogens is 2. The highest BCUT2D eigenvalue weighted by Crippen LogP contribution is 2.34. The van der Waals surface area contributed by atoms with Gasteiger partial charge in [0.2, 0.25) is 5.91 Å². The third-order valence-electron chi connectivity index (χ3n) is 4.37. The van der Waals surface area contributed by atoms with Crippen LogP contribution in [0.4, 0.5) is 5.69 Å². The first kappa shape index (κ1) is 24.4. The zero-order valence-corrected chi connectivity index (χ0v) is 19.5. The van der Waals surface area contributed by atoms with Crippen LogP contribution in [0.1, 0.15) is 11.1 Å². The minimum Gasteiger partial charge on any atom is -0.493 e. The minimum atomic E-state index is -3.97. The molecular weight excluding hydrogens is 489 g/mol. The molecule has 0 aromatic heterocycles. The summed E-state index contributed by atoms with van der Waals surface area (Å²) in [5.41, 5.74) is 1.03.